The van der Waals surface area contributed by atoms with Crippen LogP contribution in [0.2, 0.25) is 0 Å². The Bertz CT molecular complexity index is 836. The van der Waals surface area contributed by atoms with Gasteiger partial charge in [-0.25, -0.2) is 8.42 Å². The maximum Gasteiger partial charge on any atom is 0.225 e. The molecule has 2 rings (SSSR count). The second kappa shape index (κ2) is 8.22. The van der Waals surface area contributed by atoms with Gasteiger partial charge in [-0.15, -0.1) is 0 Å². The molecule has 7 heteroatoms. The topological polar surface area (TPSA) is 79.4 Å². The lowest BCUT2D eigenvalue weighted by Crippen LogP contribution is -2.32. The van der Waals surface area contributed by atoms with Gasteiger partial charge in [-0.3, -0.25) is 9.78 Å². The van der Waals surface area contributed by atoms with Crippen molar-refractivity contribution in [1.82, 2.24) is 9.29 Å². The van der Waals surface area contributed by atoms with E-state index in [2.05, 4.69) is 10.3 Å². The zero-order valence-corrected chi connectivity index (χ0v) is 15.5. The number of amides is 1. The molecule has 0 saturated carbocycles. The minimum absolute atomic E-state index is 0.0840. The number of aromatic nitrogens is 1. The highest BCUT2D eigenvalue weighted by molar-refractivity contribution is 7.88. The van der Waals surface area contributed by atoms with Crippen molar-refractivity contribution in [3.63, 3.8) is 0 Å². The lowest BCUT2D eigenvalue weighted by atomic mass is 10.1. The summed E-state index contributed by atoms with van der Waals surface area (Å²) in [6, 6.07) is 9.25. The van der Waals surface area contributed by atoms with Crippen LogP contribution in [0, 0.1) is 13.8 Å². The van der Waals surface area contributed by atoms with Crippen LogP contribution >= 0.6 is 0 Å². The fourth-order valence-electron chi connectivity index (χ4n) is 2.38. The fourth-order valence-corrected chi connectivity index (χ4v) is 3.19. The van der Waals surface area contributed by atoms with Crippen LogP contribution in [0.4, 0.5) is 5.69 Å². The molecule has 0 radical (unpaired) electrons. The number of nitrogens with zero attached hydrogens (tertiary/aromatic N) is 2. The van der Waals surface area contributed by atoms with Gasteiger partial charge >= 0.3 is 0 Å². The standard InChI is InChI=1S/C18H23N3O3S/c1-14-6-4-8-17(15(14)2)20-18(22)9-11-21(25(3,23)24)13-16-7-5-10-19-12-16/h4-8,10,12H,9,11,13H2,1-3H3,(H,20,22). The highest BCUT2D eigenvalue weighted by Gasteiger charge is 2.18. The Morgan fingerprint density at radius 1 is 1.20 bits per heavy atom. The molecule has 0 saturated heterocycles. The van der Waals surface area contributed by atoms with E-state index in [1.165, 1.54) is 4.31 Å². The molecule has 134 valence electrons. The molecule has 1 aromatic heterocycles. The molecule has 0 bridgehead atoms. The van der Waals surface area contributed by atoms with Gasteiger partial charge in [0.1, 0.15) is 0 Å². The molecule has 0 aliphatic carbocycles. The molecule has 0 spiro atoms. The van der Waals surface area contributed by atoms with Crippen molar-refractivity contribution in [2.24, 2.45) is 0 Å². The average molecular weight is 361 g/mol. The number of hydrogen-bond donors (Lipinski definition) is 1. The summed E-state index contributed by atoms with van der Waals surface area (Å²) in [5.74, 6) is -0.214. The van der Waals surface area contributed by atoms with Crippen LogP contribution in [0.1, 0.15) is 23.1 Å². The van der Waals surface area contributed by atoms with Crippen molar-refractivity contribution in [3.8, 4) is 0 Å². The maximum atomic E-state index is 12.2. The summed E-state index contributed by atoms with van der Waals surface area (Å²) < 4.78 is 25.2. The predicted octanol–water partition coefficient (Wildman–Crippen LogP) is 2.49. The molecule has 1 N–H and O–H groups in total. The van der Waals surface area contributed by atoms with Crippen LogP contribution in [0.25, 0.3) is 0 Å². The van der Waals surface area contributed by atoms with Crippen LogP contribution in [0.3, 0.4) is 0 Å². The van der Waals surface area contributed by atoms with E-state index < -0.39 is 10.0 Å². The largest absolute Gasteiger partial charge is 0.326 e. The summed E-state index contributed by atoms with van der Waals surface area (Å²) in [7, 11) is -3.42. The Morgan fingerprint density at radius 3 is 2.60 bits per heavy atom. The number of carbonyl (C=O) groups is 1. The molecule has 0 atom stereocenters. The normalized spacial score (nSPS) is 11.5. The molecular formula is C18H23N3O3S. The number of aryl methyl sites for hydroxylation is 1. The first kappa shape index (κ1) is 19.1. The summed E-state index contributed by atoms with van der Waals surface area (Å²) >= 11 is 0. The van der Waals surface area contributed by atoms with Crippen LogP contribution in [-0.4, -0.2) is 36.4 Å². The van der Waals surface area contributed by atoms with Crippen molar-refractivity contribution in [2.75, 3.05) is 18.1 Å². The number of carbonyl (C=O) groups excluding carboxylic acids is 1. The smallest absolute Gasteiger partial charge is 0.225 e. The van der Waals surface area contributed by atoms with Gasteiger partial charge in [0.05, 0.1) is 6.26 Å². The van der Waals surface area contributed by atoms with Gasteiger partial charge < -0.3 is 5.32 Å². The zero-order valence-electron chi connectivity index (χ0n) is 14.7. The summed E-state index contributed by atoms with van der Waals surface area (Å²) in [6.07, 6.45) is 4.48. The number of pyridine rings is 1. The van der Waals surface area contributed by atoms with Gasteiger partial charge in [-0.1, -0.05) is 18.2 Å². The molecule has 1 aromatic carbocycles. The number of hydrogen-bond acceptors (Lipinski definition) is 4. The number of rotatable bonds is 7. The Hall–Kier alpha value is -2.25. The van der Waals surface area contributed by atoms with E-state index >= 15 is 0 Å². The SMILES string of the molecule is Cc1cccc(NC(=O)CCN(Cc2cccnc2)S(C)(=O)=O)c1C. The fraction of sp³-hybridized carbons (Fsp3) is 0.333. The van der Waals surface area contributed by atoms with Crippen LogP contribution < -0.4 is 5.32 Å². The number of nitrogens with one attached hydrogen (secondary N) is 1. The molecule has 0 unspecified atom stereocenters. The van der Waals surface area contributed by atoms with Crippen LogP contribution in [0.15, 0.2) is 42.7 Å². The first-order valence-electron chi connectivity index (χ1n) is 7.97. The summed E-state index contributed by atoms with van der Waals surface area (Å²) in [4.78, 5) is 16.2. The second-order valence-electron chi connectivity index (χ2n) is 6.00. The van der Waals surface area contributed by atoms with Crippen molar-refractivity contribution in [3.05, 3.63) is 59.4 Å². The molecule has 6 nitrogen and oxygen atoms in total. The molecule has 25 heavy (non-hydrogen) atoms. The maximum absolute atomic E-state index is 12.2. The lowest BCUT2D eigenvalue weighted by molar-refractivity contribution is -0.116. The predicted molar refractivity (Wildman–Crippen MR) is 98.7 cm³/mol. The highest BCUT2D eigenvalue weighted by atomic mass is 32.2. The van der Waals surface area contributed by atoms with Gasteiger partial charge in [0.25, 0.3) is 0 Å². The summed E-state index contributed by atoms with van der Waals surface area (Å²) in [5, 5.41) is 2.85. The Kier molecular flexibility index (Phi) is 6.27. The van der Waals surface area contributed by atoms with Crippen LogP contribution in [-0.2, 0) is 21.4 Å². The first-order chi connectivity index (χ1) is 11.8. The van der Waals surface area contributed by atoms with Gasteiger partial charge in [0.15, 0.2) is 0 Å². The second-order valence-corrected chi connectivity index (χ2v) is 7.99. The third-order valence-electron chi connectivity index (χ3n) is 4.02. The van der Waals surface area contributed by atoms with Gasteiger partial charge in [0.2, 0.25) is 15.9 Å². The molecular weight excluding hydrogens is 338 g/mol. The highest BCUT2D eigenvalue weighted by Crippen LogP contribution is 2.18. The molecule has 0 aliphatic heterocycles. The minimum Gasteiger partial charge on any atom is -0.326 e. The molecule has 2 aromatic rings. The van der Waals surface area contributed by atoms with Crippen molar-refractivity contribution < 1.29 is 13.2 Å². The molecule has 1 heterocycles. The zero-order chi connectivity index (χ0) is 18.4. The van der Waals surface area contributed by atoms with Gasteiger partial charge in [-0.2, -0.15) is 4.31 Å². The number of benzene rings is 1. The monoisotopic (exact) mass is 361 g/mol. The summed E-state index contributed by atoms with van der Waals surface area (Å²) in [6.45, 7) is 4.23. The Morgan fingerprint density at radius 2 is 1.96 bits per heavy atom. The van der Waals surface area contributed by atoms with E-state index in [-0.39, 0.29) is 25.4 Å². The Labute approximate surface area is 148 Å². The molecule has 1 amide bonds. The molecule has 0 fully saturated rings. The van der Waals surface area contributed by atoms with Crippen molar-refractivity contribution in [1.29, 1.82) is 0 Å². The lowest BCUT2D eigenvalue weighted by Gasteiger charge is -2.20. The van der Waals surface area contributed by atoms with E-state index in [1.54, 1.807) is 24.5 Å². The number of sulfonamides is 1. The van der Waals surface area contributed by atoms with E-state index in [4.69, 9.17) is 0 Å². The van der Waals surface area contributed by atoms with E-state index in [0.717, 1.165) is 28.6 Å². The van der Waals surface area contributed by atoms with Crippen molar-refractivity contribution in [2.45, 2.75) is 26.8 Å². The van der Waals surface area contributed by atoms with E-state index in [1.807, 2.05) is 32.0 Å². The number of anilines is 1. The van der Waals surface area contributed by atoms with Crippen molar-refractivity contribution >= 4 is 21.6 Å². The summed E-state index contributed by atoms with van der Waals surface area (Å²) in [5.41, 5.74) is 3.63. The average Bonchev–Trinajstić information content (AvgIpc) is 2.55. The van der Waals surface area contributed by atoms with Crippen LogP contribution in [0.5, 0.6) is 0 Å². The van der Waals surface area contributed by atoms with Gasteiger partial charge in [0, 0.05) is 37.6 Å². The third-order valence-corrected chi connectivity index (χ3v) is 5.27. The minimum atomic E-state index is -3.42. The third kappa shape index (κ3) is 5.65. The van der Waals surface area contributed by atoms with E-state index in [9.17, 15) is 13.2 Å². The Balaban J connectivity index is 2.00. The van der Waals surface area contributed by atoms with E-state index in [0.29, 0.717) is 0 Å². The first-order valence-corrected chi connectivity index (χ1v) is 9.82. The van der Waals surface area contributed by atoms with Gasteiger partial charge in [-0.05, 0) is 42.7 Å². The molecule has 0 aliphatic rings. The quantitative estimate of drug-likeness (QED) is 0.822.